The predicted octanol–water partition coefficient (Wildman–Crippen LogP) is 2.73. The maximum absolute atomic E-state index is 13.6. The Hall–Kier alpha value is -2.73. The molecule has 2 aromatic carbocycles. The molecule has 3 aliphatic rings. The van der Waals surface area contributed by atoms with Crippen LogP contribution in [0.1, 0.15) is 11.1 Å². The SMILES string of the molecule is COc1ccc2c(c1)N1CCN(c3ccc(C)cc3)C[C@@H]1[C@@H](C(=O)N1CCOCC1)C2. The van der Waals surface area contributed by atoms with E-state index in [9.17, 15) is 4.79 Å². The molecule has 2 saturated heterocycles. The summed E-state index contributed by atoms with van der Waals surface area (Å²) >= 11 is 0. The van der Waals surface area contributed by atoms with E-state index in [1.54, 1.807) is 7.11 Å². The van der Waals surface area contributed by atoms with Crippen molar-refractivity contribution in [3.8, 4) is 5.75 Å². The van der Waals surface area contributed by atoms with E-state index in [0.29, 0.717) is 26.3 Å². The molecule has 0 unspecified atom stereocenters. The van der Waals surface area contributed by atoms with E-state index in [2.05, 4.69) is 53.1 Å². The molecule has 5 rings (SSSR count). The van der Waals surface area contributed by atoms with Crippen LogP contribution >= 0.6 is 0 Å². The van der Waals surface area contributed by atoms with E-state index >= 15 is 0 Å². The Morgan fingerprint density at radius 2 is 1.81 bits per heavy atom. The molecular formula is C25H31N3O3. The Morgan fingerprint density at radius 3 is 2.55 bits per heavy atom. The summed E-state index contributed by atoms with van der Waals surface area (Å²) in [6.45, 7) is 7.45. The van der Waals surface area contributed by atoms with Gasteiger partial charge in [-0.3, -0.25) is 4.79 Å². The molecule has 0 aliphatic carbocycles. The summed E-state index contributed by atoms with van der Waals surface area (Å²) in [5.74, 6) is 1.09. The number of carbonyl (C=O) groups excluding carboxylic acids is 1. The minimum absolute atomic E-state index is 0.0488. The second-order valence-corrected chi connectivity index (χ2v) is 8.79. The predicted molar refractivity (Wildman–Crippen MR) is 122 cm³/mol. The fourth-order valence-corrected chi connectivity index (χ4v) is 5.20. The zero-order valence-corrected chi connectivity index (χ0v) is 18.4. The molecule has 31 heavy (non-hydrogen) atoms. The summed E-state index contributed by atoms with van der Waals surface area (Å²) in [7, 11) is 1.71. The minimum Gasteiger partial charge on any atom is -0.497 e. The molecular weight excluding hydrogens is 390 g/mol. The second kappa shape index (κ2) is 8.42. The molecule has 0 saturated carbocycles. The van der Waals surface area contributed by atoms with Crippen molar-refractivity contribution in [3.05, 3.63) is 53.6 Å². The third-order valence-electron chi connectivity index (χ3n) is 6.96. The van der Waals surface area contributed by atoms with Gasteiger partial charge in [-0.15, -0.1) is 0 Å². The van der Waals surface area contributed by atoms with Crippen molar-refractivity contribution < 1.29 is 14.3 Å². The smallest absolute Gasteiger partial charge is 0.228 e. The number of rotatable bonds is 3. The number of morpholine rings is 1. The highest BCUT2D eigenvalue weighted by molar-refractivity contribution is 5.83. The molecule has 3 aliphatic heterocycles. The average Bonchev–Trinajstić information content (AvgIpc) is 2.83. The normalized spacial score (nSPS) is 23.2. The monoisotopic (exact) mass is 421 g/mol. The van der Waals surface area contributed by atoms with Gasteiger partial charge in [0.2, 0.25) is 5.91 Å². The Morgan fingerprint density at radius 1 is 1.03 bits per heavy atom. The lowest BCUT2D eigenvalue weighted by Gasteiger charge is -2.50. The van der Waals surface area contributed by atoms with Gasteiger partial charge in [0.15, 0.2) is 0 Å². The fourth-order valence-electron chi connectivity index (χ4n) is 5.20. The van der Waals surface area contributed by atoms with E-state index in [0.717, 1.165) is 31.8 Å². The lowest BCUT2D eigenvalue weighted by Crippen LogP contribution is -2.62. The molecule has 6 heteroatoms. The molecule has 6 nitrogen and oxygen atoms in total. The maximum Gasteiger partial charge on any atom is 0.228 e. The largest absolute Gasteiger partial charge is 0.497 e. The highest BCUT2D eigenvalue weighted by Gasteiger charge is 2.43. The molecule has 2 aromatic rings. The van der Waals surface area contributed by atoms with Crippen LogP contribution in [-0.4, -0.2) is 69.9 Å². The van der Waals surface area contributed by atoms with Crippen LogP contribution in [0.5, 0.6) is 5.75 Å². The highest BCUT2D eigenvalue weighted by atomic mass is 16.5. The van der Waals surface area contributed by atoms with Crippen LogP contribution in [0, 0.1) is 12.8 Å². The molecule has 2 atom stereocenters. The van der Waals surface area contributed by atoms with Crippen molar-refractivity contribution in [2.75, 3.05) is 62.8 Å². The first-order valence-corrected chi connectivity index (χ1v) is 11.3. The summed E-state index contributed by atoms with van der Waals surface area (Å²) in [6.07, 6.45) is 0.776. The highest BCUT2D eigenvalue weighted by Crippen LogP contribution is 2.39. The Bertz CT molecular complexity index is 940. The number of aryl methyl sites for hydroxylation is 1. The molecule has 0 bridgehead atoms. The molecule has 164 valence electrons. The summed E-state index contributed by atoms with van der Waals surface area (Å²) in [6, 6.07) is 15.2. The Kier molecular flexibility index (Phi) is 5.48. The molecule has 3 heterocycles. The fraction of sp³-hybridized carbons (Fsp3) is 0.480. The van der Waals surface area contributed by atoms with Crippen LogP contribution in [0.25, 0.3) is 0 Å². The van der Waals surface area contributed by atoms with Crippen LogP contribution < -0.4 is 14.5 Å². The zero-order chi connectivity index (χ0) is 21.4. The van der Waals surface area contributed by atoms with Gasteiger partial charge in [0.05, 0.1) is 32.3 Å². The van der Waals surface area contributed by atoms with Crippen molar-refractivity contribution in [3.63, 3.8) is 0 Å². The number of anilines is 2. The summed E-state index contributed by atoms with van der Waals surface area (Å²) in [5, 5.41) is 0. The van der Waals surface area contributed by atoms with Crippen LogP contribution in [0.4, 0.5) is 11.4 Å². The second-order valence-electron chi connectivity index (χ2n) is 8.79. The van der Waals surface area contributed by atoms with Crippen molar-refractivity contribution in [1.29, 1.82) is 0 Å². The van der Waals surface area contributed by atoms with E-state index < -0.39 is 0 Å². The number of nitrogens with zero attached hydrogens (tertiary/aromatic N) is 3. The summed E-state index contributed by atoms with van der Waals surface area (Å²) in [4.78, 5) is 20.5. The molecule has 0 N–H and O–H groups in total. The van der Waals surface area contributed by atoms with Gasteiger partial charge in [-0.05, 0) is 37.1 Å². The van der Waals surface area contributed by atoms with Crippen LogP contribution in [-0.2, 0) is 16.0 Å². The number of hydrogen-bond donors (Lipinski definition) is 0. The van der Waals surface area contributed by atoms with Gasteiger partial charge in [-0.25, -0.2) is 0 Å². The van der Waals surface area contributed by atoms with Gasteiger partial charge in [0.1, 0.15) is 5.75 Å². The third kappa shape index (κ3) is 3.85. The van der Waals surface area contributed by atoms with E-state index in [1.165, 1.54) is 22.5 Å². The number of piperazine rings is 1. The lowest BCUT2D eigenvalue weighted by molar-refractivity contribution is -0.140. The van der Waals surface area contributed by atoms with Crippen molar-refractivity contribution in [2.24, 2.45) is 5.92 Å². The van der Waals surface area contributed by atoms with Gasteiger partial charge in [-0.1, -0.05) is 23.8 Å². The zero-order valence-electron chi connectivity index (χ0n) is 18.4. The van der Waals surface area contributed by atoms with E-state index in [-0.39, 0.29) is 17.9 Å². The number of fused-ring (bicyclic) bond motifs is 3. The molecule has 0 radical (unpaired) electrons. The first-order valence-electron chi connectivity index (χ1n) is 11.3. The Labute approximate surface area is 184 Å². The topological polar surface area (TPSA) is 45.2 Å². The molecule has 0 spiro atoms. The first-order chi connectivity index (χ1) is 15.1. The quantitative estimate of drug-likeness (QED) is 0.763. The van der Waals surface area contributed by atoms with Crippen molar-refractivity contribution in [1.82, 2.24) is 4.90 Å². The summed E-state index contributed by atoms with van der Waals surface area (Å²) < 4.78 is 11.0. The maximum atomic E-state index is 13.6. The number of hydrogen-bond acceptors (Lipinski definition) is 5. The number of amides is 1. The van der Waals surface area contributed by atoms with E-state index in [4.69, 9.17) is 9.47 Å². The van der Waals surface area contributed by atoms with Gasteiger partial charge < -0.3 is 24.2 Å². The molecule has 1 amide bonds. The summed E-state index contributed by atoms with van der Waals surface area (Å²) in [5.41, 5.74) is 4.96. The first kappa shape index (κ1) is 20.2. The standard InChI is InChI=1S/C25H31N3O3/c1-18-3-6-20(7-4-18)27-9-10-28-23-16-21(30-2)8-5-19(23)15-22(24(28)17-27)25(29)26-11-13-31-14-12-26/h3-8,16,22,24H,9-15,17H2,1-2H3/t22-,24+/m0/s1. The number of carbonyl (C=O) groups is 1. The molecule has 2 fully saturated rings. The average molecular weight is 422 g/mol. The third-order valence-corrected chi connectivity index (χ3v) is 6.96. The van der Waals surface area contributed by atoms with Gasteiger partial charge in [-0.2, -0.15) is 0 Å². The van der Waals surface area contributed by atoms with Gasteiger partial charge >= 0.3 is 0 Å². The van der Waals surface area contributed by atoms with Gasteiger partial charge in [0.25, 0.3) is 0 Å². The van der Waals surface area contributed by atoms with Crippen LogP contribution in [0.2, 0.25) is 0 Å². The molecule has 0 aromatic heterocycles. The minimum atomic E-state index is -0.0488. The van der Waals surface area contributed by atoms with Crippen LogP contribution in [0.3, 0.4) is 0 Å². The van der Waals surface area contributed by atoms with E-state index in [1.807, 2.05) is 11.0 Å². The van der Waals surface area contributed by atoms with Crippen molar-refractivity contribution in [2.45, 2.75) is 19.4 Å². The lowest BCUT2D eigenvalue weighted by atomic mass is 9.82. The number of benzene rings is 2. The number of methoxy groups -OCH3 is 1. The van der Waals surface area contributed by atoms with Gasteiger partial charge in [0, 0.05) is 50.2 Å². The Balaban J connectivity index is 1.47. The number of ether oxygens (including phenoxy) is 2. The van der Waals surface area contributed by atoms with Crippen molar-refractivity contribution >= 4 is 17.3 Å². The van der Waals surface area contributed by atoms with Crippen LogP contribution in [0.15, 0.2) is 42.5 Å².